The Morgan fingerprint density at radius 3 is 1.90 bits per heavy atom. The zero-order valence-electron chi connectivity index (χ0n) is 16.4. The third-order valence-electron chi connectivity index (χ3n) is 5.81. The number of rotatable bonds is 4. The molecule has 4 aromatic rings. The maximum atomic E-state index is 11.9. The fraction of sp³-hybridized carbons (Fsp3) is 0.0357. The fourth-order valence-corrected chi connectivity index (χ4v) is 4.64. The molecule has 0 fully saturated rings. The molecular formula is C28H20O2. The standard InChI is InChI=1S/C28H20O2/c1-2-27(29)30-22-17-18-24-23-15-9-10-16-25(23)28(26(24)19-22,20-11-5-3-6-12-20)21-13-7-4-8-14-21/h2-19H,1H2. The van der Waals surface area contributed by atoms with Crippen molar-refractivity contribution in [2.24, 2.45) is 0 Å². The number of ether oxygens (including phenoxy) is 1. The van der Waals surface area contributed by atoms with Gasteiger partial charge >= 0.3 is 5.97 Å². The van der Waals surface area contributed by atoms with Crippen LogP contribution in [0.4, 0.5) is 0 Å². The van der Waals surface area contributed by atoms with Gasteiger partial charge in [0.15, 0.2) is 0 Å². The van der Waals surface area contributed by atoms with Crippen LogP contribution in [0.1, 0.15) is 22.3 Å². The molecule has 30 heavy (non-hydrogen) atoms. The monoisotopic (exact) mass is 388 g/mol. The van der Waals surface area contributed by atoms with Crippen molar-refractivity contribution in [3.8, 4) is 16.9 Å². The Bertz CT molecular complexity index is 1200. The van der Waals surface area contributed by atoms with Gasteiger partial charge in [-0.2, -0.15) is 0 Å². The number of esters is 1. The first kappa shape index (κ1) is 18.1. The molecule has 0 aliphatic heterocycles. The summed E-state index contributed by atoms with van der Waals surface area (Å²) in [5.74, 6) is 0.0539. The van der Waals surface area contributed by atoms with Gasteiger partial charge in [0.2, 0.25) is 0 Å². The second-order valence-corrected chi connectivity index (χ2v) is 7.36. The van der Waals surface area contributed by atoms with Crippen molar-refractivity contribution in [3.05, 3.63) is 138 Å². The summed E-state index contributed by atoms with van der Waals surface area (Å²) in [6.07, 6.45) is 1.18. The van der Waals surface area contributed by atoms with Crippen molar-refractivity contribution >= 4 is 5.97 Å². The topological polar surface area (TPSA) is 26.3 Å². The molecule has 5 rings (SSSR count). The zero-order valence-corrected chi connectivity index (χ0v) is 16.4. The quantitative estimate of drug-likeness (QED) is 0.210. The van der Waals surface area contributed by atoms with Crippen molar-refractivity contribution in [2.75, 3.05) is 0 Å². The Labute approximate surface area is 176 Å². The van der Waals surface area contributed by atoms with Crippen molar-refractivity contribution in [3.63, 3.8) is 0 Å². The van der Waals surface area contributed by atoms with Crippen LogP contribution in [0.3, 0.4) is 0 Å². The van der Waals surface area contributed by atoms with Gasteiger partial charge in [-0.3, -0.25) is 0 Å². The largest absolute Gasteiger partial charge is 0.423 e. The zero-order chi connectivity index (χ0) is 20.6. The predicted molar refractivity (Wildman–Crippen MR) is 120 cm³/mol. The average Bonchev–Trinajstić information content (AvgIpc) is 3.11. The van der Waals surface area contributed by atoms with Gasteiger partial charge in [-0.15, -0.1) is 0 Å². The number of fused-ring (bicyclic) bond motifs is 3. The molecular weight excluding hydrogens is 368 g/mol. The van der Waals surface area contributed by atoms with Gasteiger partial charge in [-0.1, -0.05) is 97.6 Å². The molecule has 144 valence electrons. The van der Waals surface area contributed by atoms with Gasteiger partial charge in [0.1, 0.15) is 5.75 Å². The molecule has 2 heteroatoms. The van der Waals surface area contributed by atoms with Crippen LogP contribution in [0.2, 0.25) is 0 Å². The van der Waals surface area contributed by atoms with E-state index in [9.17, 15) is 4.79 Å². The summed E-state index contributed by atoms with van der Waals surface area (Å²) >= 11 is 0. The second kappa shape index (κ2) is 7.16. The lowest BCUT2D eigenvalue weighted by atomic mass is 9.68. The molecule has 0 unspecified atom stereocenters. The molecule has 0 spiro atoms. The Kier molecular flexibility index (Phi) is 4.33. The molecule has 1 aliphatic carbocycles. The van der Waals surface area contributed by atoms with E-state index in [1.807, 2.05) is 30.3 Å². The highest BCUT2D eigenvalue weighted by Crippen LogP contribution is 2.56. The van der Waals surface area contributed by atoms with E-state index in [1.54, 1.807) is 0 Å². The van der Waals surface area contributed by atoms with Crippen LogP contribution in [0.5, 0.6) is 5.75 Å². The van der Waals surface area contributed by atoms with E-state index in [0.717, 1.165) is 11.1 Å². The summed E-state index contributed by atoms with van der Waals surface area (Å²) in [5.41, 5.74) is 6.54. The van der Waals surface area contributed by atoms with Gasteiger partial charge in [-0.05, 0) is 45.5 Å². The first-order valence-corrected chi connectivity index (χ1v) is 9.95. The summed E-state index contributed by atoms with van der Waals surface area (Å²) in [6.45, 7) is 3.51. The lowest BCUT2D eigenvalue weighted by molar-refractivity contribution is -0.128. The summed E-state index contributed by atoms with van der Waals surface area (Å²) < 4.78 is 5.50. The highest BCUT2D eigenvalue weighted by Gasteiger charge is 2.46. The molecule has 0 bridgehead atoms. The highest BCUT2D eigenvalue weighted by atomic mass is 16.5. The number of hydrogen-bond acceptors (Lipinski definition) is 2. The van der Waals surface area contributed by atoms with Crippen LogP contribution >= 0.6 is 0 Å². The molecule has 0 atom stereocenters. The average molecular weight is 388 g/mol. The van der Waals surface area contributed by atoms with E-state index in [1.165, 1.54) is 28.3 Å². The molecule has 0 saturated carbocycles. The lowest BCUT2D eigenvalue weighted by Crippen LogP contribution is -2.28. The molecule has 0 amide bonds. The maximum absolute atomic E-state index is 11.9. The number of carbonyl (C=O) groups excluding carboxylic acids is 1. The predicted octanol–water partition coefficient (Wildman–Crippen LogP) is 6.14. The molecule has 2 nitrogen and oxygen atoms in total. The molecule has 0 N–H and O–H groups in total. The minimum absolute atomic E-state index is 0.463. The summed E-state index contributed by atoms with van der Waals surface area (Å²) in [6, 6.07) is 35.4. The van der Waals surface area contributed by atoms with E-state index in [4.69, 9.17) is 4.74 Å². The van der Waals surface area contributed by atoms with Crippen LogP contribution in [-0.4, -0.2) is 5.97 Å². The Hall–Kier alpha value is -3.91. The fourth-order valence-electron chi connectivity index (χ4n) is 4.64. The van der Waals surface area contributed by atoms with E-state index in [0.29, 0.717) is 5.75 Å². The Morgan fingerprint density at radius 2 is 1.27 bits per heavy atom. The van der Waals surface area contributed by atoms with Crippen molar-refractivity contribution < 1.29 is 9.53 Å². The molecule has 0 heterocycles. The Morgan fingerprint density at radius 1 is 0.700 bits per heavy atom. The third-order valence-corrected chi connectivity index (χ3v) is 5.81. The van der Waals surface area contributed by atoms with Crippen molar-refractivity contribution in [2.45, 2.75) is 5.41 Å². The first-order valence-electron chi connectivity index (χ1n) is 9.95. The van der Waals surface area contributed by atoms with Gasteiger partial charge in [0.25, 0.3) is 0 Å². The SMILES string of the molecule is C=CC(=O)Oc1ccc2c(c1)C(c1ccccc1)(c1ccccc1)c1ccccc1-2. The van der Waals surface area contributed by atoms with E-state index in [2.05, 4.69) is 79.4 Å². The first-order chi connectivity index (χ1) is 14.7. The summed E-state index contributed by atoms with van der Waals surface area (Å²) in [4.78, 5) is 11.9. The molecule has 1 aliphatic rings. The molecule has 0 radical (unpaired) electrons. The van der Waals surface area contributed by atoms with Crippen LogP contribution in [-0.2, 0) is 10.2 Å². The Balaban J connectivity index is 1.88. The van der Waals surface area contributed by atoms with Crippen molar-refractivity contribution in [1.82, 2.24) is 0 Å². The van der Waals surface area contributed by atoms with Crippen LogP contribution in [0.25, 0.3) is 11.1 Å². The maximum Gasteiger partial charge on any atom is 0.335 e. The summed E-state index contributed by atoms with van der Waals surface area (Å²) in [7, 11) is 0. The van der Waals surface area contributed by atoms with E-state index < -0.39 is 11.4 Å². The lowest BCUT2D eigenvalue weighted by Gasteiger charge is -2.33. The third kappa shape index (κ3) is 2.61. The van der Waals surface area contributed by atoms with E-state index >= 15 is 0 Å². The van der Waals surface area contributed by atoms with Crippen LogP contribution in [0, 0.1) is 0 Å². The van der Waals surface area contributed by atoms with Gasteiger partial charge in [0, 0.05) is 6.08 Å². The van der Waals surface area contributed by atoms with Crippen LogP contribution < -0.4 is 4.74 Å². The van der Waals surface area contributed by atoms with Crippen molar-refractivity contribution in [1.29, 1.82) is 0 Å². The molecule has 0 aromatic heterocycles. The minimum Gasteiger partial charge on any atom is -0.423 e. The number of benzene rings is 4. The van der Waals surface area contributed by atoms with Gasteiger partial charge in [-0.25, -0.2) is 4.79 Å². The number of carbonyl (C=O) groups is 1. The van der Waals surface area contributed by atoms with Gasteiger partial charge < -0.3 is 4.74 Å². The van der Waals surface area contributed by atoms with Crippen LogP contribution in [0.15, 0.2) is 116 Å². The van der Waals surface area contributed by atoms with Gasteiger partial charge in [0.05, 0.1) is 5.41 Å². The minimum atomic E-state index is -0.495. The van der Waals surface area contributed by atoms with E-state index in [-0.39, 0.29) is 0 Å². The smallest absolute Gasteiger partial charge is 0.335 e. The number of hydrogen-bond donors (Lipinski definition) is 0. The highest BCUT2D eigenvalue weighted by molar-refractivity contribution is 5.88. The second-order valence-electron chi connectivity index (χ2n) is 7.36. The normalized spacial score (nSPS) is 13.2. The summed E-state index contributed by atoms with van der Waals surface area (Å²) in [5, 5.41) is 0. The molecule has 4 aromatic carbocycles. The molecule has 0 saturated heterocycles.